The number of rotatable bonds is 8. The van der Waals surface area contributed by atoms with Crippen LogP contribution in [0.1, 0.15) is 30.1 Å². The zero-order valence-corrected chi connectivity index (χ0v) is 17.0. The molecule has 29 heavy (non-hydrogen) atoms. The van der Waals surface area contributed by atoms with Gasteiger partial charge < -0.3 is 10.0 Å². The molecule has 2 atom stereocenters. The lowest BCUT2D eigenvalue weighted by Crippen LogP contribution is -2.32. The molecule has 5 nitrogen and oxygen atoms in total. The van der Waals surface area contributed by atoms with Gasteiger partial charge in [0, 0.05) is 18.8 Å². The summed E-state index contributed by atoms with van der Waals surface area (Å²) in [5.74, 6) is 0.147. The van der Waals surface area contributed by atoms with Crippen molar-refractivity contribution < 1.29 is 18.1 Å². The molecular weight excluding hydrogens is 386 g/mol. The maximum atomic E-state index is 11.6. The maximum Gasteiger partial charge on any atom is 0.294 e. The van der Waals surface area contributed by atoms with Gasteiger partial charge in [-0.3, -0.25) is 4.55 Å². The highest BCUT2D eigenvalue weighted by atomic mass is 32.2. The first-order valence-corrected chi connectivity index (χ1v) is 10.9. The largest absolute Gasteiger partial charge is 0.387 e. The summed E-state index contributed by atoms with van der Waals surface area (Å²) in [5.41, 5.74) is 2.56. The molecule has 0 fully saturated rings. The average Bonchev–Trinajstić information content (AvgIpc) is 2.74. The molecule has 2 unspecified atom stereocenters. The molecule has 2 N–H and O–H groups in total. The van der Waals surface area contributed by atoms with Crippen molar-refractivity contribution in [3.05, 3.63) is 96.1 Å². The van der Waals surface area contributed by atoms with Gasteiger partial charge in [-0.1, -0.05) is 73.7 Å². The van der Waals surface area contributed by atoms with Gasteiger partial charge in [-0.2, -0.15) is 8.42 Å². The van der Waals surface area contributed by atoms with E-state index in [4.69, 9.17) is 0 Å². The van der Waals surface area contributed by atoms with Crippen LogP contribution in [0.2, 0.25) is 0 Å². The molecule has 0 aromatic heterocycles. The first kappa shape index (κ1) is 21.0. The molecule has 6 heteroatoms. The van der Waals surface area contributed by atoms with Crippen LogP contribution in [-0.4, -0.2) is 31.2 Å². The Morgan fingerprint density at radius 3 is 2.00 bits per heavy atom. The van der Waals surface area contributed by atoms with Crippen molar-refractivity contribution in [2.75, 3.05) is 18.0 Å². The van der Waals surface area contributed by atoms with Gasteiger partial charge in [0.2, 0.25) is 0 Å². The van der Waals surface area contributed by atoms with Crippen molar-refractivity contribution in [2.24, 2.45) is 0 Å². The lowest BCUT2D eigenvalue weighted by atomic mass is 10.00. The number of aliphatic hydroxyl groups excluding tert-OH is 1. The molecule has 0 aliphatic rings. The summed E-state index contributed by atoms with van der Waals surface area (Å²) in [6.45, 7) is 2.95. The van der Waals surface area contributed by atoms with Gasteiger partial charge in [0.15, 0.2) is 0 Å². The zero-order valence-electron chi connectivity index (χ0n) is 16.2. The molecule has 3 aromatic carbocycles. The van der Waals surface area contributed by atoms with Crippen LogP contribution >= 0.6 is 0 Å². The predicted molar refractivity (Wildman–Crippen MR) is 115 cm³/mol. The molecule has 3 aromatic rings. The van der Waals surface area contributed by atoms with Crippen molar-refractivity contribution in [3.8, 4) is 0 Å². The van der Waals surface area contributed by atoms with E-state index in [-0.39, 0.29) is 17.4 Å². The summed E-state index contributed by atoms with van der Waals surface area (Å²) in [6, 6.07) is 25.5. The second-order valence-electron chi connectivity index (χ2n) is 7.12. The SMILES string of the molecule is CC(CN(CC(O)c1ccccc1)c1cccc(S(=O)(=O)O)c1)c1ccccc1. The summed E-state index contributed by atoms with van der Waals surface area (Å²) >= 11 is 0. The molecule has 3 rings (SSSR count). The monoisotopic (exact) mass is 411 g/mol. The van der Waals surface area contributed by atoms with Gasteiger partial charge in [-0.25, -0.2) is 0 Å². The van der Waals surface area contributed by atoms with Crippen LogP contribution in [-0.2, 0) is 10.1 Å². The normalized spacial score (nSPS) is 13.6. The number of aliphatic hydroxyl groups is 1. The fraction of sp³-hybridized carbons (Fsp3) is 0.217. The first-order valence-electron chi connectivity index (χ1n) is 9.45. The molecule has 0 saturated carbocycles. The number of benzene rings is 3. The Morgan fingerprint density at radius 2 is 1.41 bits per heavy atom. The Morgan fingerprint density at radius 1 is 0.828 bits per heavy atom. The molecule has 0 aliphatic carbocycles. The van der Waals surface area contributed by atoms with Crippen LogP contribution < -0.4 is 4.90 Å². The van der Waals surface area contributed by atoms with Crippen LogP contribution in [0.4, 0.5) is 5.69 Å². The minimum atomic E-state index is -4.31. The van der Waals surface area contributed by atoms with E-state index < -0.39 is 16.2 Å². The van der Waals surface area contributed by atoms with Crippen molar-refractivity contribution in [2.45, 2.75) is 23.8 Å². The van der Waals surface area contributed by atoms with Gasteiger partial charge in [-0.05, 0) is 35.2 Å². The van der Waals surface area contributed by atoms with Crippen molar-refractivity contribution in [1.82, 2.24) is 0 Å². The standard InChI is InChI=1S/C23H25NO4S/c1-18(19-9-4-2-5-10-19)16-24(17-23(25)20-11-6-3-7-12-20)21-13-8-14-22(15-21)29(26,27)28/h2-15,18,23,25H,16-17H2,1H3,(H,26,27,28). The van der Waals surface area contributed by atoms with Crippen molar-refractivity contribution >= 4 is 15.8 Å². The second-order valence-corrected chi connectivity index (χ2v) is 8.54. The quantitative estimate of drug-likeness (QED) is 0.541. The molecule has 0 aliphatic heterocycles. The van der Waals surface area contributed by atoms with Gasteiger partial charge >= 0.3 is 0 Å². The van der Waals surface area contributed by atoms with E-state index >= 15 is 0 Å². The number of nitrogens with zero attached hydrogens (tertiary/aromatic N) is 1. The molecule has 0 amide bonds. The van der Waals surface area contributed by atoms with Crippen LogP contribution in [0.3, 0.4) is 0 Å². The van der Waals surface area contributed by atoms with E-state index in [2.05, 4.69) is 6.92 Å². The molecule has 0 saturated heterocycles. The number of hydrogen-bond donors (Lipinski definition) is 2. The summed E-state index contributed by atoms with van der Waals surface area (Å²) in [4.78, 5) is 1.78. The topological polar surface area (TPSA) is 77.8 Å². The Bertz CT molecular complexity index is 976. The highest BCUT2D eigenvalue weighted by Crippen LogP contribution is 2.26. The predicted octanol–water partition coefficient (Wildman–Crippen LogP) is 4.28. The van der Waals surface area contributed by atoms with Gasteiger partial charge in [-0.15, -0.1) is 0 Å². The fourth-order valence-corrected chi connectivity index (χ4v) is 3.85. The van der Waals surface area contributed by atoms with Crippen molar-refractivity contribution in [1.29, 1.82) is 0 Å². The number of hydrogen-bond acceptors (Lipinski definition) is 4. The van der Waals surface area contributed by atoms with Crippen LogP contribution in [0.15, 0.2) is 89.8 Å². The van der Waals surface area contributed by atoms with Gasteiger partial charge in [0.05, 0.1) is 11.0 Å². The molecule has 152 valence electrons. The van der Waals surface area contributed by atoms with Crippen molar-refractivity contribution in [3.63, 3.8) is 0 Å². The van der Waals surface area contributed by atoms with E-state index in [0.717, 1.165) is 11.1 Å². The second kappa shape index (κ2) is 9.22. The lowest BCUT2D eigenvalue weighted by Gasteiger charge is -2.30. The van der Waals surface area contributed by atoms with Crippen LogP contribution in [0.25, 0.3) is 0 Å². The minimum Gasteiger partial charge on any atom is -0.387 e. The summed E-state index contributed by atoms with van der Waals surface area (Å²) < 4.78 is 32.6. The molecule has 0 spiro atoms. The highest BCUT2D eigenvalue weighted by Gasteiger charge is 2.19. The highest BCUT2D eigenvalue weighted by molar-refractivity contribution is 7.85. The Labute approximate surface area is 172 Å². The average molecular weight is 412 g/mol. The zero-order chi connectivity index (χ0) is 20.9. The Balaban J connectivity index is 1.91. The first-order chi connectivity index (χ1) is 13.8. The maximum absolute atomic E-state index is 11.6. The fourth-order valence-electron chi connectivity index (χ4n) is 3.33. The van der Waals surface area contributed by atoms with E-state index in [0.29, 0.717) is 12.2 Å². The smallest absolute Gasteiger partial charge is 0.294 e. The van der Waals surface area contributed by atoms with Crippen LogP contribution in [0.5, 0.6) is 0 Å². The number of anilines is 1. The summed E-state index contributed by atoms with van der Waals surface area (Å²) in [6.07, 6.45) is -0.742. The lowest BCUT2D eigenvalue weighted by molar-refractivity contribution is 0.183. The van der Waals surface area contributed by atoms with E-state index in [1.165, 1.54) is 12.1 Å². The van der Waals surface area contributed by atoms with E-state index in [9.17, 15) is 18.1 Å². The third-order valence-corrected chi connectivity index (χ3v) is 5.77. The minimum absolute atomic E-state index is 0.147. The third-order valence-electron chi connectivity index (χ3n) is 4.92. The van der Waals surface area contributed by atoms with Gasteiger partial charge in [0.25, 0.3) is 10.1 Å². The third kappa shape index (κ3) is 5.67. The van der Waals surface area contributed by atoms with E-state index in [1.54, 1.807) is 12.1 Å². The van der Waals surface area contributed by atoms with Gasteiger partial charge in [0.1, 0.15) is 0 Å². The Kier molecular flexibility index (Phi) is 6.69. The molecule has 0 bridgehead atoms. The summed E-state index contributed by atoms with van der Waals surface area (Å²) in [7, 11) is -4.31. The molecule has 0 radical (unpaired) electrons. The molecule has 0 heterocycles. The van der Waals surface area contributed by atoms with E-state index in [1.807, 2.05) is 65.6 Å². The summed E-state index contributed by atoms with van der Waals surface area (Å²) in [5, 5.41) is 10.8. The molecular formula is C23H25NO4S. The Hall–Kier alpha value is -2.67. The van der Waals surface area contributed by atoms with Crippen LogP contribution in [0, 0.1) is 0 Å².